The molecule has 210 valence electrons. The highest BCUT2D eigenvalue weighted by Gasteiger charge is 2.20. The maximum atomic E-state index is 6.74. The highest BCUT2D eigenvalue weighted by Crippen LogP contribution is 2.36. The number of hydrogen-bond donors (Lipinski definition) is 1. The molecular weight excluding hydrogens is 538 g/mol. The normalized spacial score (nSPS) is 12.5. The van der Waals surface area contributed by atoms with Crippen LogP contribution < -0.4 is 5.73 Å². The summed E-state index contributed by atoms with van der Waals surface area (Å²) < 4.78 is 4.41. The van der Waals surface area contributed by atoms with Crippen LogP contribution in [-0.2, 0) is 6.54 Å². The van der Waals surface area contributed by atoms with Crippen LogP contribution in [0.3, 0.4) is 0 Å². The zero-order valence-electron chi connectivity index (χ0n) is 24.0. The molecule has 0 unspecified atom stereocenters. The fraction of sp³-hybridized carbons (Fsp3) is 0.0256. The SMILES string of the molecule is N/C(=C\C(=NCc1ccccc1)n1c2ccccc2c2cc3c4ccccc4n(-c4ccccc4)c3nc21)c1ccccc1. The first kappa shape index (κ1) is 25.7. The minimum atomic E-state index is 0.509. The Bertz CT molecular complexity index is 2350. The highest BCUT2D eigenvalue weighted by molar-refractivity contribution is 6.20. The molecule has 8 aromatic rings. The molecule has 3 heterocycles. The molecule has 0 aliphatic rings. The number of aliphatic imine (C=N–C) groups is 1. The summed E-state index contributed by atoms with van der Waals surface area (Å²) in [6.45, 7) is 0.509. The second kappa shape index (κ2) is 10.7. The standard InChI is InChI=1S/C39H29N5/c40-34(28-16-6-2-7-17-28)25-37(41-26-27-14-4-1-5-15-27)44-36-23-13-11-21-31(36)33-24-32-30-20-10-12-22-35(30)43(38(32)42-39(33)44)29-18-8-3-9-19-29/h1-25H,26,40H2/b34-25-,41-37?. The summed E-state index contributed by atoms with van der Waals surface area (Å²) in [6, 6.07) is 50.0. The number of fused-ring (bicyclic) bond motifs is 6. The van der Waals surface area contributed by atoms with E-state index in [1.54, 1.807) is 0 Å². The monoisotopic (exact) mass is 567 g/mol. The van der Waals surface area contributed by atoms with Gasteiger partial charge in [0.05, 0.1) is 17.6 Å². The second-order valence-corrected chi connectivity index (χ2v) is 10.9. The fourth-order valence-corrected chi connectivity index (χ4v) is 6.11. The van der Waals surface area contributed by atoms with E-state index in [9.17, 15) is 0 Å². The fourth-order valence-electron chi connectivity index (χ4n) is 6.11. The van der Waals surface area contributed by atoms with Crippen molar-refractivity contribution in [1.29, 1.82) is 0 Å². The predicted octanol–water partition coefficient (Wildman–Crippen LogP) is 8.73. The molecule has 0 saturated carbocycles. The van der Waals surface area contributed by atoms with Gasteiger partial charge in [0.25, 0.3) is 0 Å². The largest absolute Gasteiger partial charge is 0.398 e. The molecule has 0 radical (unpaired) electrons. The Labute approximate surface area is 254 Å². The van der Waals surface area contributed by atoms with Crippen LogP contribution in [0.5, 0.6) is 0 Å². The van der Waals surface area contributed by atoms with Crippen LogP contribution in [0.2, 0.25) is 0 Å². The summed E-state index contributed by atoms with van der Waals surface area (Å²) in [4.78, 5) is 10.6. The van der Waals surface area contributed by atoms with Gasteiger partial charge in [0, 0.05) is 39.0 Å². The molecule has 0 aliphatic carbocycles. The molecule has 0 bridgehead atoms. The van der Waals surface area contributed by atoms with Gasteiger partial charge in [-0.05, 0) is 41.5 Å². The Balaban J connectivity index is 1.45. The quantitative estimate of drug-likeness (QED) is 0.167. The number of aromatic nitrogens is 3. The van der Waals surface area contributed by atoms with E-state index in [0.29, 0.717) is 12.2 Å². The molecule has 0 saturated heterocycles. The smallest absolute Gasteiger partial charge is 0.149 e. The maximum Gasteiger partial charge on any atom is 0.149 e. The third kappa shape index (κ3) is 4.34. The van der Waals surface area contributed by atoms with Crippen LogP contribution in [-0.4, -0.2) is 20.0 Å². The van der Waals surface area contributed by atoms with Crippen LogP contribution >= 0.6 is 0 Å². The van der Waals surface area contributed by atoms with Gasteiger partial charge in [-0.25, -0.2) is 4.98 Å². The molecule has 0 aliphatic heterocycles. The number of pyridine rings is 1. The van der Waals surface area contributed by atoms with E-state index >= 15 is 0 Å². The first-order chi connectivity index (χ1) is 21.8. The Morgan fingerprint density at radius 1 is 0.614 bits per heavy atom. The average Bonchev–Trinajstić information content (AvgIpc) is 3.59. The summed E-state index contributed by atoms with van der Waals surface area (Å²) in [7, 11) is 0. The van der Waals surface area contributed by atoms with E-state index in [1.807, 2.05) is 60.7 Å². The number of nitrogens with two attached hydrogens (primary N) is 1. The lowest BCUT2D eigenvalue weighted by Crippen LogP contribution is -2.13. The summed E-state index contributed by atoms with van der Waals surface area (Å²) in [5.41, 5.74) is 14.4. The van der Waals surface area contributed by atoms with Crippen molar-refractivity contribution in [2.45, 2.75) is 6.54 Å². The Morgan fingerprint density at radius 2 is 1.18 bits per heavy atom. The van der Waals surface area contributed by atoms with Crippen molar-refractivity contribution < 1.29 is 0 Å². The topological polar surface area (TPSA) is 61.1 Å². The van der Waals surface area contributed by atoms with Gasteiger partial charge in [-0.1, -0.05) is 115 Å². The third-order valence-electron chi connectivity index (χ3n) is 8.18. The van der Waals surface area contributed by atoms with Gasteiger partial charge in [-0.15, -0.1) is 0 Å². The van der Waals surface area contributed by atoms with Crippen molar-refractivity contribution >= 4 is 55.4 Å². The van der Waals surface area contributed by atoms with Crippen molar-refractivity contribution in [3.8, 4) is 5.69 Å². The van der Waals surface area contributed by atoms with Crippen LogP contribution in [0.15, 0.2) is 157 Å². The van der Waals surface area contributed by atoms with E-state index in [-0.39, 0.29) is 0 Å². The van der Waals surface area contributed by atoms with Gasteiger partial charge >= 0.3 is 0 Å². The first-order valence-corrected chi connectivity index (χ1v) is 14.8. The van der Waals surface area contributed by atoms with Crippen molar-refractivity contribution in [1.82, 2.24) is 14.1 Å². The van der Waals surface area contributed by atoms with Crippen molar-refractivity contribution in [3.63, 3.8) is 0 Å². The van der Waals surface area contributed by atoms with Gasteiger partial charge in [-0.3, -0.25) is 14.1 Å². The van der Waals surface area contributed by atoms with Crippen LogP contribution in [0.4, 0.5) is 0 Å². The van der Waals surface area contributed by atoms with Gasteiger partial charge in [0.1, 0.15) is 17.1 Å². The molecule has 0 fully saturated rings. The molecule has 8 rings (SSSR count). The summed E-state index contributed by atoms with van der Waals surface area (Å²) in [6.07, 6.45) is 1.97. The molecule has 0 amide bonds. The van der Waals surface area contributed by atoms with Gasteiger partial charge < -0.3 is 5.73 Å². The minimum Gasteiger partial charge on any atom is -0.398 e. The molecule has 5 aromatic carbocycles. The first-order valence-electron chi connectivity index (χ1n) is 14.8. The van der Waals surface area contributed by atoms with Gasteiger partial charge in [0.2, 0.25) is 0 Å². The second-order valence-electron chi connectivity index (χ2n) is 10.9. The van der Waals surface area contributed by atoms with Crippen LogP contribution in [0.1, 0.15) is 11.1 Å². The number of allylic oxidation sites excluding steroid dienone is 1. The summed E-state index contributed by atoms with van der Waals surface area (Å²) in [5.74, 6) is 0.732. The van der Waals surface area contributed by atoms with E-state index in [0.717, 1.165) is 61.1 Å². The van der Waals surface area contributed by atoms with Crippen LogP contribution in [0, 0.1) is 0 Å². The molecule has 44 heavy (non-hydrogen) atoms. The lowest BCUT2D eigenvalue weighted by molar-refractivity contribution is 1.04. The Kier molecular flexibility index (Phi) is 6.27. The van der Waals surface area contributed by atoms with E-state index < -0.39 is 0 Å². The van der Waals surface area contributed by atoms with E-state index in [1.165, 1.54) is 5.39 Å². The van der Waals surface area contributed by atoms with Crippen molar-refractivity contribution in [2.75, 3.05) is 0 Å². The molecular formula is C39H29N5. The number of rotatable bonds is 5. The molecule has 5 nitrogen and oxygen atoms in total. The Morgan fingerprint density at radius 3 is 1.91 bits per heavy atom. The molecule has 0 spiro atoms. The van der Waals surface area contributed by atoms with Crippen molar-refractivity contribution in [3.05, 3.63) is 163 Å². The number of nitrogens with zero attached hydrogens (tertiary/aromatic N) is 4. The van der Waals surface area contributed by atoms with Gasteiger partial charge in [-0.2, -0.15) is 0 Å². The minimum absolute atomic E-state index is 0.509. The maximum absolute atomic E-state index is 6.74. The van der Waals surface area contributed by atoms with E-state index in [4.69, 9.17) is 15.7 Å². The highest BCUT2D eigenvalue weighted by atomic mass is 15.1. The van der Waals surface area contributed by atoms with E-state index in [2.05, 4.69) is 100 Å². The summed E-state index contributed by atoms with van der Waals surface area (Å²) in [5, 5.41) is 4.47. The number of benzene rings is 5. The Hall–Kier alpha value is -5.94. The predicted molar refractivity (Wildman–Crippen MR) is 183 cm³/mol. The molecule has 0 atom stereocenters. The molecule has 3 aromatic heterocycles. The molecule has 5 heteroatoms. The lowest BCUT2D eigenvalue weighted by Gasteiger charge is -2.11. The van der Waals surface area contributed by atoms with Gasteiger partial charge in [0.15, 0.2) is 0 Å². The zero-order chi connectivity index (χ0) is 29.5. The zero-order valence-corrected chi connectivity index (χ0v) is 24.0. The number of hydrogen-bond acceptors (Lipinski definition) is 3. The van der Waals surface area contributed by atoms with Crippen molar-refractivity contribution in [2.24, 2.45) is 10.7 Å². The molecule has 2 N–H and O–H groups in total. The average molecular weight is 568 g/mol. The third-order valence-corrected chi connectivity index (χ3v) is 8.18. The van der Waals surface area contributed by atoms with Crippen LogP contribution in [0.25, 0.3) is 55.3 Å². The number of para-hydroxylation sites is 3. The summed E-state index contributed by atoms with van der Waals surface area (Å²) >= 11 is 0. The lowest BCUT2D eigenvalue weighted by atomic mass is 10.1.